The van der Waals surface area contributed by atoms with E-state index in [4.69, 9.17) is 10.5 Å². The van der Waals surface area contributed by atoms with Crippen LogP contribution in [0.5, 0.6) is 0 Å². The van der Waals surface area contributed by atoms with E-state index in [0.29, 0.717) is 31.1 Å². The predicted molar refractivity (Wildman–Crippen MR) is 126 cm³/mol. The number of hydrogen-bond acceptors (Lipinski definition) is 6. The summed E-state index contributed by atoms with van der Waals surface area (Å²) in [6, 6.07) is 13.1. The van der Waals surface area contributed by atoms with Gasteiger partial charge < -0.3 is 15.0 Å². The van der Waals surface area contributed by atoms with Crippen molar-refractivity contribution in [1.29, 1.82) is 0 Å². The Bertz CT molecular complexity index is 1370. The Morgan fingerprint density at radius 3 is 2.78 bits per heavy atom. The minimum absolute atomic E-state index is 0.287. The van der Waals surface area contributed by atoms with E-state index >= 15 is 0 Å². The van der Waals surface area contributed by atoms with Crippen LogP contribution >= 0.6 is 0 Å². The van der Waals surface area contributed by atoms with Crippen molar-refractivity contribution in [2.24, 2.45) is 0 Å². The molecule has 0 atom stereocenters. The molecule has 0 saturated heterocycles. The molecule has 0 spiro atoms. The van der Waals surface area contributed by atoms with Crippen molar-refractivity contribution < 1.29 is 13.2 Å². The molecule has 4 aromatic rings. The lowest BCUT2D eigenvalue weighted by molar-refractivity contribution is 0.125. The van der Waals surface area contributed by atoms with Crippen LogP contribution in [0.2, 0.25) is 0 Å². The molecular weight excluding hydrogens is 426 g/mol. The van der Waals surface area contributed by atoms with Crippen molar-refractivity contribution in [1.82, 2.24) is 19.3 Å². The first-order valence-electron chi connectivity index (χ1n) is 10.5. The van der Waals surface area contributed by atoms with Crippen LogP contribution in [-0.4, -0.2) is 43.2 Å². The summed E-state index contributed by atoms with van der Waals surface area (Å²) in [5.41, 5.74) is 10.7. The highest BCUT2D eigenvalue weighted by atomic mass is 32.2. The number of rotatable bonds is 9. The molecule has 9 heteroatoms. The lowest BCUT2D eigenvalue weighted by Crippen LogP contribution is -2.18. The fraction of sp³-hybridized carbons (Fsp3) is 0.304. The van der Waals surface area contributed by atoms with E-state index in [-0.39, 0.29) is 4.90 Å². The third-order valence-corrected chi connectivity index (χ3v) is 7.00. The van der Waals surface area contributed by atoms with Crippen LogP contribution < -0.4 is 10.5 Å². The Morgan fingerprint density at radius 2 is 1.97 bits per heavy atom. The Hall–Kier alpha value is -3.01. The summed E-state index contributed by atoms with van der Waals surface area (Å²) in [6.07, 6.45) is 3.32. The van der Waals surface area contributed by atoms with E-state index in [1.54, 1.807) is 18.5 Å². The molecule has 0 amide bonds. The van der Waals surface area contributed by atoms with Gasteiger partial charge in [0.1, 0.15) is 5.52 Å². The van der Waals surface area contributed by atoms with Crippen LogP contribution in [0, 0.1) is 6.92 Å². The number of aryl methyl sites for hydroxylation is 2. The lowest BCUT2D eigenvalue weighted by Gasteiger charge is -2.10. The molecule has 3 N–H and O–H groups in total. The third-order valence-electron chi connectivity index (χ3n) is 5.59. The minimum Gasteiger partial charge on any atom is -0.382 e. The molecule has 0 aliphatic heterocycles. The molecule has 0 bridgehead atoms. The van der Waals surface area contributed by atoms with E-state index < -0.39 is 10.0 Å². The standard InChI is InChI=1S/C23H27N5O3S/c1-16-9-10-18(32(29,30)25-2)14-17(16)6-5-12-31-13-11-28-15-26-21-22(28)19-7-3-4-8-20(19)27-23(21)24/h3-4,7-10,14-15,25H,5-6,11-13H2,1-2H3,(H2,24,27). The topological polar surface area (TPSA) is 112 Å². The van der Waals surface area contributed by atoms with Gasteiger partial charge in [0.15, 0.2) is 5.82 Å². The SMILES string of the molecule is CNS(=O)(=O)c1ccc(C)c(CCCOCCn2cnc3c(N)nc4ccccc4c32)c1. The normalized spacial score (nSPS) is 12.1. The molecule has 168 valence electrons. The molecule has 8 nitrogen and oxygen atoms in total. The third kappa shape index (κ3) is 4.45. The van der Waals surface area contributed by atoms with Crippen LogP contribution in [-0.2, 0) is 27.7 Å². The molecule has 32 heavy (non-hydrogen) atoms. The van der Waals surface area contributed by atoms with Crippen LogP contribution in [0.4, 0.5) is 5.82 Å². The number of aromatic nitrogens is 3. The maximum atomic E-state index is 12.0. The molecule has 2 aromatic heterocycles. The monoisotopic (exact) mass is 453 g/mol. The molecule has 2 heterocycles. The number of hydrogen-bond donors (Lipinski definition) is 2. The summed E-state index contributed by atoms with van der Waals surface area (Å²) < 4.78 is 34.3. The molecule has 0 saturated carbocycles. The maximum Gasteiger partial charge on any atom is 0.240 e. The fourth-order valence-electron chi connectivity index (χ4n) is 3.81. The molecule has 4 rings (SSSR count). The van der Waals surface area contributed by atoms with Crippen LogP contribution in [0.25, 0.3) is 21.9 Å². The highest BCUT2D eigenvalue weighted by molar-refractivity contribution is 7.89. The van der Waals surface area contributed by atoms with Gasteiger partial charge in [-0.2, -0.15) is 0 Å². The van der Waals surface area contributed by atoms with E-state index in [1.165, 1.54) is 7.05 Å². The first-order valence-corrected chi connectivity index (χ1v) is 12.0. The second kappa shape index (κ2) is 9.23. The average Bonchev–Trinajstić information content (AvgIpc) is 3.22. The molecule has 0 aliphatic carbocycles. The number of nitrogens with zero attached hydrogens (tertiary/aromatic N) is 3. The zero-order valence-corrected chi connectivity index (χ0v) is 19.0. The first-order chi connectivity index (χ1) is 15.4. The number of ether oxygens (including phenoxy) is 1. The highest BCUT2D eigenvalue weighted by Gasteiger charge is 2.13. The van der Waals surface area contributed by atoms with Gasteiger partial charge in [-0.1, -0.05) is 24.3 Å². The quantitative estimate of drug-likeness (QED) is 0.377. The Balaban J connectivity index is 1.35. The molecule has 0 radical (unpaired) electrons. The zero-order valence-electron chi connectivity index (χ0n) is 18.2. The van der Waals surface area contributed by atoms with E-state index in [9.17, 15) is 8.42 Å². The highest BCUT2D eigenvalue weighted by Crippen LogP contribution is 2.26. The Labute approximate surface area is 187 Å². The van der Waals surface area contributed by atoms with Gasteiger partial charge in [-0.15, -0.1) is 0 Å². The number of para-hydroxylation sites is 1. The van der Waals surface area contributed by atoms with Gasteiger partial charge in [-0.05, 0) is 56.1 Å². The van der Waals surface area contributed by atoms with Gasteiger partial charge in [-0.25, -0.2) is 23.1 Å². The summed E-state index contributed by atoms with van der Waals surface area (Å²) in [6.45, 7) is 3.76. The average molecular weight is 454 g/mol. The predicted octanol–water partition coefficient (Wildman–Crippen LogP) is 3.03. The number of anilines is 1. The van der Waals surface area contributed by atoms with Crippen molar-refractivity contribution in [3.05, 3.63) is 59.9 Å². The number of nitrogens with one attached hydrogen (secondary N) is 1. The van der Waals surface area contributed by atoms with E-state index in [0.717, 1.165) is 40.4 Å². The van der Waals surface area contributed by atoms with Crippen LogP contribution in [0.3, 0.4) is 0 Å². The number of benzene rings is 2. The Kier molecular flexibility index (Phi) is 6.40. The smallest absolute Gasteiger partial charge is 0.240 e. The van der Waals surface area contributed by atoms with Crippen molar-refractivity contribution >= 4 is 37.8 Å². The second-order valence-electron chi connectivity index (χ2n) is 7.66. The number of imidazole rings is 1. The van der Waals surface area contributed by atoms with Crippen molar-refractivity contribution in [2.45, 2.75) is 31.2 Å². The van der Waals surface area contributed by atoms with Gasteiger partial charge in [0, 0.05) is 18.5 Å². The summed E-state index contributed by atoms with van der Waals surface area (Å²) >= 11 is 0. The molecule has 0 unspecified atom stereocenters. The molecule has 2 aromatic carbocycles. The maximum absolute atomic E-state index is 12.0. The Morgan fingerprint density at radius 1 is 1.16 bits per heavy atom. The second-order valence-corrected chi connectivity index (χ2v) is 9.55. The van der Waals surface area contributed by atoms with Gasteiger partial charge in [0.25, 0.3) is 0 Å². The number of nitrogen functional groups attached to an aromatic ring is 1. The van der Waals surface area contributed by atoms with Gasteiger partial charge in [-0.3, -0.25) is 0 Å². The number of fused-ring (bicyclic) bond motifs is 3. The minimum atomic E-state index is -3.44. The first kappa shape index (κ1) is 22.2. The number of pyridine rings is 1. The summed E-state index contributed by atoms with van der Waals surface area (Å²) in [5, 5.41) is 1.01. The number of nitrogens with two attached hydrogens (primary N) is 1. The van der Waals surface area contributed by atoms with Crippen LogP contribution in [0.15, 0.2) is 53.7 Å². The van der Waals surface area contributed by atoms with Crippen molar-refractivity contribution in [3.8, 4) is 0 Å². The van der Waals surface area contributed by atoms with E-state index in [2.05, 4.69) is 14.7 Å². The zero-order chi connectivity index (χ0) is 22.7. The van der Waals surface area contributed by atoms with Crippen LogP contribution in [0.1, 0.15) is 17.5 Å². The van der Waals surface area contributed by atoms with Gasteiger partial charge in [0.2, 0.25) is 10.0 Å². The van der Waals surface area contributed by atoms with Crippen molar-refractivity contribution in [3.63, 3.8) is 0 Å². The van der Waals surface area contributed by atoms with Gasteiger partial charge >= 0.3 is 0 Å². The summed E-state index contributed by atoms with van der Waals surface area (Å²) in [5.74, 6) is 0.427. The summed E-state index contributed by atoms with van der Waals surface area (Å²) in [4.78, 5) is 9.15. The number of sulfonamides is 1. The largest absolute Gasteiger partial charge is 0.382 e. The molecule has 0 aliphatic rings. The van der Waals surface area contributed by atoms with E-state index in [1.807, 2.05) is 41.8 Å². The van der Waals surface area contributed by atoms with Gasteiger partial charge in [0.05, 0.1) is 28.9 Å². The van der Waals surface area contributed by atoms with Crippen molar-refractivity contribution in [2.75, 3.05) is 26.0 Å². The summed E-state index contributed by atoms with van der Waals surface area (Å²) in [7, 11) is -2.03. The molecular formula is C23H27N5O3S. The molecule has 0 fully saturated rings. The fourth-order valence-corrected chi connectivity index (χ4v) is 4.59. The lowest BCUT2D eigenvalue weighted by atomic mass is 10.0.